The summed E-state index contributed by atoms with van der Waals surface area (Å²) in [6.45, 7) is 4.09. The number of esters is 1. The van der Waals surface area contributed by atoms with Crippen LogP contribution in [0, 0.1) is 0 Å². The Morgan fingerprint density at radius 3 is 2.33 bits per heavy atom. The molecule has 0 atom stereocenters. The molecule has 0 amide bonds. The Morgan fingerprint density at radius 2 is 1.76 bits per heavy atom. The zero-order chi connectivity index (χ0) is 15.1. The maximum Gasteiger partial charge on any atom is 0.310 e. The van der Waals surface area contributed by atoms with Crippen LogP contribution in [0.3, 0.4) is 0 Å². The van der Waals surface area contributed by atoms with E-state index in [0.29, 0.717) is 17.6 Å². The summed E-state index contributed by atoms with van der Waals surface area (Å²) in [5.74, 6) is 0.508. The first-order valence-electron chi connectivity index (χ1n) is 8.51. The Balaban J connectivity index is 2.14. The topological polar surface area (TPSA) is 26.3 Å². The maximum atomic E-state index is 11.3. The number of hydrogen-bond donors (Lipinski definition) is 0. The van der Waals surface area contributed by atoms with Crippen molar-refractivity contribution in [1.82, 2.24) is 0 Å². The number of unbranched alkanes of at least 4 members (excludes halogenated alkanes) is 1. The average Bonchev–Trinajstić information content (AvgIpc) is 2.54. The van der Waals surface area contributed by atoms with Crippen LogP contribution in [0.25, 0.3) is 0 Å². The quantitative estimate of drug-likeness (QED) is 0.518. The van der Waals surface area contributed by atoms with E-state index in [9.17, 15) is 4.79 Å². The first-order chi connectivity index (χ1) is 10.2. The minimum absolute atomic E-state index is 0.166. The van der Waals surface area contributed by atoms with Gasteiger partial charge in [-0.25, -0.2) is 0 Å². The van der Waals surface area contributed by atoms with Gasteiger partial charge in [-0.2, -0.15) is 0 Å². The SMILES string of the molecule is CCCCC1(c2ccc(OC(=O)CC)cc2)CCCCC1. The van der Waals surface area contributed by atoms with Crippen molar-refractivity contribution < 1.29 is 9.53 Å². The molecule has 1 aliphatic carbocycles. The maximum absolute atomic E-state index is 11.3. The minimum Gasteiger partial charge on any atom is -0.427 e. The van der Waals surface area contributed by atoms with Gasteiger partial charge in [0.1, 0.15) is 5.75 Å². The standard InChI is InChI=1S/C19H28O2/c1-3-5-13-19(14-7-6-8-15-19)16-9-11-17(12-10-16)21-18(20)4-2/h9-12H,3-8,13-15H2,1-2H3. The minimum atomic E-state index is -0.166. The molecule has 0 saturated heterocycles. The predicted octanol–water partition coefficient (Wildman–Crippen LogP) is 5.39. The molecule has 1 aromatic rings. The summed E-state index contributed by atoms with van der Waals surface area (Å²) >= 11 is 0. The second kappa shape index (κ2) is 7.63. The van der Waals surface area contributed by atoms with Crippen molar-refractivity contribution in [2.75, 3.05) is 0 Å². The summed E-state index contributed by atoms with van der Waals surface area (Å²) in [6, 6.07) is 8.29. The molecule has 0 spiro atoms. The third kappa shape index (κ3) is 4.09. The highest BCUT2D eigenvalue weighted by atomic mass is 16.5. The molecule has 0 N–H and O–H groups in total. The zero-order valence-electron chi connectivity index (χ0n) is 13.5. The van der Waals surface area contributed by atoms with Gasteiger partial charge in [0.25, 0.3) is 0 Å². The van der Waals surface area contributed by atoms with Gasteiger partial charge in [0.05, 0.1) is 0 Å². The van der Waals surface area contributed by atoms with Crippen LogP contribution in [0.2, 0.25) is 0 Å². The summed E-state index contributed by atoms with van der Waals surface area (Å²) in [7, 11) is 0. The van der Waals surface area contributed by atoms with Crippen molar-refractivity contribution >= 4 is 5.97 Å². The van der Waals surface area contributed by atoms with E-state index in [4.69, 9.17) is 4.74 Å². The molecule has 0 aromatic heterocycles. The average molecular weight is 288 g/mol. The Labute approximate surface area is 128 Å². The molecule has 1 fully saturated rings. The normalized spacial score (nSPS) is 17.4. The van der Waals surface area contributed by atoms with Gasteiger partial charge in [0, 0.05) is 6.42 Å². The highest BCUT2D eigenvalue weighted by molar-refractivity contribution is 5.71. The molecule has 2 heteroatoms. The van der Waals surface area contributed by atoms with Crippen molar-refractivity contribution in [3.63, 3.8) is 0 Å². The van der Waals surface area contributed by atoms with Crippen molar-refractivity contribution in [3.8, 4) is 5.75 Å². The van der Waals surface area contributed by atoms with E-state index in [0.717, 1.165) is 0 Å². The monoisotopic (exact) mass is 288 g/mol. The second-order valence-corrected chi connectivity index (χ2v) is 6.30. The van der Waals surface area contributed by atoms with E-state index in [2.05, 4.69) is 19.1 Å². The fraction of sp³-hybridized carbons (Fsp3) is 0.632. The van der Waals surface area contributed by atoms with Crippen LogP contribution < -0.4 is 4.74 Å². The fourth-order valence-electron chi connectivity index (χ4n) is 3.51. The van der Waals surface area contributed by atoms with Crippen molar-refractivity contribution in [2.24, 2.45) is 0 Å². The molecule has 1 aromatic carbocycles. The predicted molar refractivity (Wildman–Crippen MR) is 86.7 cm³/mol. The van der Waals surface area contributed by atoms with Crippen molar-refractivity contribution in [3.05, 3.63) is 29.8 Å². The Hall–Kier alpha value is -1.31. The molecule has 2 rings (SSSR count). The molecule has 21 heavy (non-hydrogen) atoms. The van der Waals surface area contributed by atoms with Crippen LogP contribution in [-0.2, 0) is 10.2 Å². The molecule has 116 valence electrons. The van der Waals surface area contributed by atoms with Gasteiger partial charge in [-0.15, -0.1) is 0 Å². The zero-order valence-corrected chi connectivity index (χ0v) is 13.5. The summed E-state index contributed by atoms with van der Waals surface area (Å²) in [5, 5.41) is 0. The van der Waals surface area contributed by atoms with Crippen LogP contribution in [0.1, 0.15) is 77.2 Å². The van der Waals surface area contributed by atoms with Gasteiger partial charge < -0.3 is 4.74 Å². The van der Waals surface area contributed by atoms with E-state index in [1.807, 2.05) is 19.1 Å². The molecule has 0 radical (unpaired) electrons. The van der Waals surface area contributed by atoms with E-state index >= 15 is 0 Å². The molecule has 0 heterocycles. The van der Waals surface area contributed by atoms with E-state index in [1.165, 1.54) is 56.9 Å². The van der Waals surface area contributed by atoms with Crippen LogP contribution in [0.15, 0.2) is 24.3 Å². The summed E-state index contributed by atoms with van der Waals surface area (Å²) in [6.07, 6.45) is 10.9. The Bertz CT molecular complexity index is 441. The van der Waals surface area contributed by atoms with Crippen LogP contribution >= 0.6 is 0 Å². The molecule has 0 unspecified atom stereocenters. The summed E-state index contributed by atoms with van der Waals surface area (Å²) in [5.41, 5.74) is 1.80. The third-order valence-corrected chi connectivity index (χ3v) is 4.81. The highest BCUT2D eigenvalue weighted by Crippen LogP contribution is 2.43. The summed E-state index contributed by atoms with van der Waals surface area (Å²) in [4.78, 5) is 11.3. The lowest BCUT2D eigenvalue weighted by atomic mass is 9.67. The smallest absolute Gasteiger partial charge is 0.310 e. The number of carbonyl (C=O) groups is 1. The van der Waals surface area contributed by atoms with E-state index in [1.54, 1.807) is 0 Å². The van der Waals surface area contributed by atoms with E-state index in [-0.39, 0.29) is 5.97 Å². The second-order valence-electron chi connectivity index (χ2n) is 6.30. The van der Waals surface area contributed by atoms with Crippen LogP contribution in [-0.4, -0.2) is 5.97 Å². The number of hydrogen-bond acceptors (Lipinski definition) is 2. The molecule has 1 aliphatic rings. The molecular formula is C19H28O2. The number of ether oxygens (including phenoxy) is 1. The van der Waals surface area contributed by atoms with Gasteiger partial charge in [0.15, 0.2) is 0 Å². The number of rotatable bonds is 6. The molecule has 1 saturated carbocycles. The lowest BCUT2D eigenvalue weighted by molar-refractivity contribution is -0.134. The van der Waals surface area contributed by atoms with Gasteiger partial charge in [-0.05, 0) is 42.4 Å². The summed E-state index contributed by atoms with van der Waals surface area (Å²) < 4.78 is 5.28. The molecule has 2 nitrogen and oxygen atoms in total. The Kier molecular flexibility index (Phi) is 5.84. The first-order valence-corrected chi connectivity index (χ1v) is 8.51. The van der Waals surface area contributed by atoms with Crippen LogP contribution in [0.4, 0.5) is 0 Å². The third-order valence-electron chi connectivity index (χ3n) is 4.81. The Morgan fingerprint density at radius 1 is 1.10 bits per heavy atom. The lowest BCUT2D eigenvalue weighted by Gasteiger charge is -2.38. The number of carbonyl (C=O) groups excluding carboxylic acids is 1. The van der Waals surface area contributed by atoms with Gasteiger partial charge in [0.2, 0.25) is 0 Å². The fourth-order valence-corrected chi connectivity index (χ4v) is 3.51. The molecule has 0 aliphatic heterocycles. The first kappa shape index (κ1) is 16.1. The highest BCUT2D eigenvalue weighted by Gasteiger charge is 2.33. The van der Waals surface area contributed by atoms with Gasteiger partial charge in [-0.1, -0.05) is 58.1 Å². The van der Waals surface area contributed by atoms with Crippen molar-refractivity contribution in [2.45, 2.75) is 77.0 Å². The van der Waals surface area contributed by atoms with Crippen molar-refractivity contribution in [1.29, 1.82) is 0 Å². The van der Waals surface area contributed by atoms with Gasteiger partial charge in [-0.3, -0.25) is 4.79 Å². The molecule has 0 bridgehead atoms. The van der Waals surface area contributed by atoms with Gasteiger partial charge >= 0.3 is 5.97 Å². The van der Waals surface area contributed by atoms with E-state index < -0.39 is 0 Å². The molecular weight excluding hydrogens is 260 g/mol. The number of benzene rings is 1. The largest absolute Gasteiger partial charge is 0.427 e. The van der Waals surface area contributed by atoms with Crippen LogP contribution in [0.5, 0.6) is 5.75 Å². The lowest BCUT2D eigenvalue weighted by Crippen LogP contribution is -2.29.